The summed E-state index contributed by atoms with van der Waals surface area (Å²) in [4.78, 5) is 11.9. The Kier molecular flexibility index (Phi) is 6.81. The average molecular weight is 330 g/mol. The van der Waals surface area contributed by atoms with Gasteiger partial charge in [-0.2, -0.15) is 5.10 Å². The van der Waals surface area contributed by atoms with E-state index in [4.69, 9.17) is 10.6 Å². The van der Waals surface area contributed by atoms with Crippen molar-refractivity contribution in [3.63, 3.8) is 0 Å². The molecule has 2 aromatic rings. The molecule has 0 aliphatic rings. The lowest BCUT2D eigenvalue weighted by atomic mass is 10.1. The van der Waals surface area contributed by atoms with Crippen molar-refractivity contribution in [2.45, 2.75) is 46.0 Å². The maximum absolute atomic E-state index is 11.9. The molecule has 0 aliphatic heterocycles. The Morgan fingerprint density at radius 3 is 2.58 bits per heavy atom. The van der Waals surface area contributed by atoms with Crippen molar-refractivity contribution in [3.05, 3.63) is 35.5 Å². The highest BCUT2D eigenvalue weighted by molar-refractivity contribution is 6.00. The van der Waals surface area contributed by atoms with E-state index >= 15 is 0 Å². The second-order valence-electron chi connectivity index (χ2n) is 5.83. The number of carbonyl (C=O) groups is 1. The van der Waals surface area contributed by atoms with Crippen LogP contribution >= 0.6 is 0 Å². The number of unbranched alkanes of at least 4 members (excludes halogenated alkanes) is 4. The van der Waals surface area contributed by atoms with Gasteiger partial charge in [-0.25, -0.2) is 5.84 Å². The van der Waals surface area contributed by atoms with Crippen LogP contribution < -0.4 is 16.0 Å². The fraction of sp³-hybridized carbons (Fsp3) is 0.444. The molecular weight excluding hydrogens is 304 g/mol. The first-order valence-corrected chi connectivity index (χ1v) is 8.46. The number of H-pyrrole nitrogens is 1. The number of benzene rings is 1. The van der Waals surface area contributed by atoms with E-state index in [9.17, 15) is 4.79 Å². The molecule has 0 fully saturated rings. The molecule has 0 unspecified atom stereocenters. The summed E-state index contributed by atoms with van der Waals surface area (Å²) in [5.74, 6) is 5.71. The maximum Gasteiger partial charge on any atom is 0.269 e. The van der Waals surface area contributed by atoms with E-state index in [2.05, 4.69) is 22.5 Å². The van der Waals surface area contributed by atoms with Gasteiger partial charge >= 0.3 is 0 Å². The van der Waals surface area contributed by atoms with Crippen LogP contribution in [-0.4, -0.2) is 22.7 Å². The summed E-state index contributed by atoms with van der Waals surface area (Å²) >= 11 is 0. The van der Waals surface area contributed by atoms with Crippen molar-refractivity contribution >= 4 is 5.91 Å². The van der Waals surface area contributed by atoms with Gasteiger partial charge in [-0.05, 0) is 37.6 Å². The number of nitrogens with two attached hydrogens (primary N) is 1. The third kappa shape index (κ3) is 4.58. The summed E-state index contributed by atoms with van der Waals surface area (Å²) in [6, 6.07) is 7.59. The van der Waals surface area contributed by atoms with Gasteiger partial charge in [0.25, 0.3) is 5.91 Å². The number of amides is 1. The molecular formula is C18H26N4O2. The van der Waals surface area contributed by atoms with Gasteiger partial charge in [0.1, 0.15) is 11.4 Å². The Morgan fingerprint density at radius 1 is 1.21 bits per heavy atom. The van der Waals surface area contributed by atoms with Gasteiger partial charge in [0.15, 0.2) is 0 Å². The standard InChI is InChI=1S/C18H26N4O2/c1-3-4-5-6-7-12-24-15-10-8-14(9-11-15)17-16(18(23)20-19)13(2)21-22-17/h8-11H,3-7,12,19H2,1-2H3,(H,20,23)(H,21,22). The van der Waals surface area contributed by atoms with Gasteiger partial charge in [-0.1, -0.05) is 32.6 Å². The lowest BCUT2D eigenvalue weighted by Gasteiger charge is -2.07. The largest absolute Gasteiger partial charge is 0.494 e. The zero-order valence-corrected chi connectivity index (χ0v) is 14.4. The predicted molar refractivity (Wildman–Crippen MR) is 94.7 cm³/mol. The van der Waals surface area contributed by atoms with Gasteiger partial charge in [0.2, 0.25) is 0 Å². The molecule has 1 heterocycles. The van der Waals surface area contributed by atoms with Gasteiger partial charge in [-0.3, -0.25) is 15.3 Å². The molecule has 6 heteroatoms. The minimum atomic E-state index is -0.358. The predicted octanol–water partition coefficient (Wildman–Crippen LogP) is 3.34. The Balaban J connectivity index is 1.96. The van der Waals surface area contributed by atoms with Crippen molar-refractivity contribution in [2.24, 2.45) is 5.84 Å². The van der Waals surface area contributed by atoms with Crippen LogP contribution in [0.4, 0.5) is 0 Å². The summed E-state index contributed by atoms with van der Waals surface area (Å²) in [7, 11) is 0. The minimum absolute atomic E-state index is 0.358. The number of ether oxygens (including phenoxy) is 1. The number of aromatic nitrogens is 2. The summed E-state index contributed by atoms with van der Waals surface area (Å²) in [6.07, 6.45) is 6.08. The number of aryl methyl sites for hydroxylation is 1. The van der Waals surface area contributed by atoms with Crippen LogP contribution in [0.25, 0.3) is 11.3 Å². The molecule has 2 rings (SSSR count). The molecule has 0 bridgehead atoms. The van der Waals surface area contributed by atoms with Crippen molar-refractivity contribution in [1.82, 2.24) is 15.6 Å². The van der Waals surface area contributed by atoms with Crippen molar-refractivity contribution < 1.29 is 9.53 Å². The summed E-state index contributed by atoms with van der Waals surface area (Å²) in [6.45, 7) is 4.73. The van der Waals surface area contributed by atoms with E-state index in [1.54, 1.807) is 6.92 Å². The van der Waals surface area contributed by atoms with Crippen LogP contribution in [0.15, 0.2) is 24.3 Å². The molecule has 0 saturated carbocycles. The maximum atomic E-state index is 11.9. The van der Waals surface area contributed by atoms with E-state index < -0.39 is 0 Å². The molecule has 0 radical (unpaired) electrons. The van der Waals surface area contributed by atoms with E-state index in [-0.39, 0.29) is 5.91 Å². The number of carbonyl (C=O) groups excluding carboxylic acids is 1. The van der Waals surface area contributed by atoms with Crippen molar-refractivity contribution in [3.8, 4) is 17.0 Å². The third-order valence-corrected chi connectivity index (χ3v) is 3.95. The zero-order valence-electron chi connectivity index (χ0n) is 14.4. The number of rotatable bonds is 9. The lowest BCUT2D eigenvalue weighted by Crippen LogP contribution is -2.30. The molecule has 130 valence electrons. The zero-order chi connectivity index (χ0) is 17.4. The molecule has 0 spiro atoms. The molecule has 0 saturated heterocycles. The normalized spacial score (nSPS) is 10.6. The molecule has 0 aliphatic carbocycles. The number of nitrogens with one attached hydrogen (secondary N) is 2. The van der Waals surface area contributed by atoms with Crippen molar-refractivity contribution in [2.75, 3.05) is 6.61 Å². The average Bonchev–Trinajstić information content (AvgIpc) is 2.99. The van der Waals surface area contributed by atoms with Gasteiger partial charge in [0.05, 0.1) is 12.2 Å². The van der Waals surface area contributed by atoms with Crippen LogP contribution in [0.1, 0.15) is 55.1 Å². The summed E-state index contributed by atoms with van der Waals surface area (Å²) < 4.78 is 5.75. The number of aromatic amines is 1. The molecule has 1 amide bonds. The number of hydrogen-bond acceptors (Lipinski definition) is 4. The Hall–Kier alpha value is -2.34. The van der Waals surface area contributed by atoms with Crippen LogP contribution in [0, 0.1) is 6.92 Å². The highest BCUT2D eigenvalue weighted by Gasteiger charge is 2.18. The van der Waals surface area contributed by atoms with E-state index in [0.29, 0.717) is 17.0 Å². The highest BCUT2D eigenvalue weighted by Crippen LogP contribution is 2.25. The van der Waals surface area contributed by atoms with E-state index in [1.165, 1.54) is 25.7 Å². The number of hydrazine groups is 1. The van der Waals surface area contributed by atoms with Crippen LogP contribution in [-0.2, 0) is 0 Å². The molecule has 6 nitrogen and oxygen atoms in total. The van der Waals surface area contributed by atoms with Crippen LogP contribution in [0.2, 0.25) is 0 Å². The molecule has 1 aromatic carbocycles. The van der Waals surface area contributed by atoms with E-state index in [1.807, 2.05) is 24.3 Å². The fourth-order valence-corrected chi connectivity index (χ4v) is 2.59. The Morgan fingerprint density at radius 2 is 1.92 bits per heavy atom. The lowest BCUT2D eigenvalue weighted by molar-refractivity contribution is 0.0954. The third-order valence-electron chi connectivity index (χ3n) is 3.95. The SMILES string of the molecule is CCCCCCCOc1ccc(-c2n[nH]c(C)c2C(=O)NN)cc1. The van der Waals surface area contributed by atoms with Crippen molar-refractivity contribution in [1.29, 1.82) is 0 Å². The Bertz CT molecular complexity index is 650. The van der Waals surface area contributed by atoms with Crippen LogP contribution in [0.5, 0.6) is 5.75 Å². The van der Waals surface area contributed by atoms with Gasteiger partial charge in [0, 0.05) is 11.3 Å². The molecule has 1 aromatic heterocycles. The minimum Gasteiger partial charge on any atom is -0.494 e. The highest BCUT2D eigenvalue weighted by atomic mass is 16.5. The number of nitrogens with zero attached hydrogens (tertiary/aromatic N) is 1. The topological polar surface area (TPSA) is 93.0 Å². The second kappa shape index (κ2) is 9.08. The number of hydrogen-bond donors (Lipinski definition) is 3. The number of nitrogen functional groups attached to an aromatic ring is 1. The quantitative estimate of drug-likeness (QED) is 0.284. The smallest absolute Gasteiger partial charge is 0.269 e. The molecule has 0 atom stereocenters. The van der Waals surface area contributed by atoms with Gasteiger partial charge in [-0.15, -0.1) is 0 Å². The Labute approximate surface area is 142 Å². The first-order chi connectivity index (χ1) is 11.7. The monoisotopic (exact) mass is 330 g/mol. The fourth-order valence-electron chi connectivity index (χ4n) is 2.59. The second-order valence-corrected chi connectivity index (χ2v) is 5.83. The first kappa shape index (κ1) is 18.0. The van der Waals surface area contributed by atoms with Crippen LogP contribution in [0.3, 0.4) is 0 Å². The van der Waals surface area contributed by atoms with Gasteiger partial charge < -0.3 is 4.74 Å². The van der Waals surface area contributed by atoms with E-state index in [0.717, 1.165) is 24.3 Å². The summed E-state index contributed by atoms with van der Waals surface area (Å²) in [5, 5.41) is 7.03. The first-order valence-electron chi connectivity index (χ1n) is 8.46. The summed E-state index contributed by atoms with van der Waals surface area (Å²) in [5.41, 5.74) is 4.72. The molecule has 4 N–H and O–H groups in total. The molecule has 24 heavy (non-hydrogen) atoms.